The van der Waals surface area contributed by atoms with Gasteiger partial charge in [-0.2, -0.15) is 0 Å². The molecular formula is C15H19N3O3. The van der Waals surface area contributed by atoms with Gasteiger partial charge in [0.1, 0.15) is 5.82 Å². The van der Waals surface area contributed by atoms with E-state index in [0.29, 0.717) is 11.9 Å². The van der Waals surface area contributed by atoms with Crippen molar-refractivity contribution >= 4 is 22.9 Å². The zero-order valence-corrected chi connectivity index (χ0v) is 12.4. The van der Waals surface area contributed by atoms with Crippen LogP contribution in [-0.4, -0.2) is 26.5 Å². The van der Waals surface area contributed by atoms with Gasteiger partial charge < -0.3 is 15.4 Å². The molecule has 2 rings (SSSR count). The summed E-state index contributed by atoms with van der Waals surface area (Å²) in [6, 6.07) is 4.81. The highest BCUT2D eigenvalue weighted by Gasteiger charge is 2.27. The third kappa shape index (κ3) is 2.74. The number of hydrogen-bond acceptors (Lipinski definition) is 3. The Hall–Kier alpha value is -2.37. The van der Waals surface area contributed by atoms with E-state index < -0.39 is 17.4 Å². The largest absolute Gasteiger partial charge is 0.478 e. The first-order valence-electron chi connectivity index (χ1n) is 6.79. The third-order valence-corrected chi connectivity index (χ3v) is 3.50. The van der Waals surface area contributed by atoms with E-state index in [0.717, 1.165) is 11.3 Å². The van der Waals surface area contributed by atoms with Crippen LogP contribution in [-0.2, 0) is 16.8 Å². The van der Waals surface area contributed by atoms with E-state index in [1.54, 1.807) is 12.1 Å². The van der Waals surface area contributed by atoms with Gasteiger partial charge in [-0.25, -0.2) is 9.78 Å². The number of aromatic carboxylic acids is 1. The van der Waals surface area contributed by atoms with Crippen molar-refractivity contribution in [2.24, 2.45) is 5.73 Å². The SMILES string of the molecule is CCc1nc2ccc(C(=O)O)cc2n1C(C)(C)CC(N)=O. The molecule has 0 aliphatic heterocycles. The maximum Gasteiger partial charge on any atom is 0.335 e. The molecule has 0 fully saturated rings. The fourth-order valence-corrected chi connectivity index (χ4v) is 2.68. The molecule has 0 saturated heterocycles. The van der Waals surface area contributed by atoms with Gasteiger partial charge in [0.05, 0.1) is 16.6 Å². The van der Waals surface area contributed by atoms with Crippen molar-refractivity contribution in [1.82, 2.24) is 9.55 Å². The summed E-state index contributed by atoms with van der Waals surface area (Å²) in [7, 11) is 0. The number of hydrogen-bond donors (Lipinski definition) is 2. The van der Waals surface area contributed by atoms with Gasteiger partial charge in [0.25, 0.3) is 0 Å². The van der Waals surface area contributed by atoms with Gasteiger partial charge in [-0.15, -0.1) is 0 Å². The van der Waals surface area contributed by atoms with E-state index in [1.807, 2.05) is 25.3 Å². The molecule has 0 aliphatic rings. The first-order chi connectivity index (χ1) is 9.76. The molecule has 0 spiro atoms. The predicted molar refractivity (Wildman–Crippen MR) is 79.2 cm³/mol. The van der Waals surface area contributed by atoms with E-state index in [1.165, 1.54) is 6.07 Å². The number of aryl methyl sites for hydroxylation is 1. The predicted octanol–water partition coefficient (Wildman–Crippen LogP) is 1.91. The number of carboxylic acids is 1. The first-order valence-corrected chi connectivity index (χ1v) is 6.79. The van der Waals surface area contributed by atoms with Crippen molar-refractivity contribution in [3.63, 3.8) is 0 Å². The number of rotatable bonds is 5. The number of nitrogens with zero attached hydrogens (tertiary/aromatic N) is 2. The lowest BCUT2D eigenvalue weighted by Gasteiger charge is -2.28. The summed E-state index contributed by atoms with van der Waals surface area (Å²) in [4.78, 5) is 27.0. The molecule has 6 nitrogen and oxygen atoms in total. The molecule has 112 valence electrons. The summed E-state index contributed by atoms with van der Waals surface area (Å²) < 4.78 is 1.92. The molecule has 0 saturated carbocycles. The van der Waals surface area contributed by atoms with E-state index >= 15 is 0 Å². The Bertz CT molecular complexity index is 716. The van der Waals surface area contributed by atoms with Crippen molar-refractivity contribution in [3.8, 4) is 0 Å². The molecule has 0 aliphatic carbocycles. The van der Waals surface area contributed by atoms with Crippen LogP contribution >= 0.6 is 0 Å². The number of nitrogens with two attached hydrogens (primary N) is 1. The summed E-state index contributed by atoms with van der Waals surface area (Å²) in [5.74, 6) is -0.590. The minimum Gasteiger partial charge on any atom is -0.478 e. The number of carboxylic acid groups (broad SMARTS) is 1. The maximum atomic E-state index is 11.3. The topological polar surface area (TPSA) is 98.2 Å². The van der Waals surface area contributed by atoms with Crippen LogP contribution in [0.15, 0.2) is 18.2 Å². The van der Waals surface area contributed by atoms with E-state index in [2.05, 4.69) is 4.98 Å². The highest BCUT2D eigenvalue weighted by molar-refractivity contribution is 5.92. The van der Waals surface area contributed by atoms with Crippen LogP contribution in [0.4, 0.5) is 0 Å². The Kier molecular flexibility index (Phi) is 3.72. The molecule has 2 aromatic rings. The minimum atomic E-state index is -0.990. The fraction of sp³-hybridized carbons (Fsp3) is 0.400. The second-order valence-electron chi connectivity index (χ2n) is 5.68. The van der Waals surface area contributed by atoms with Crippen LogP contribution in [0.1, 0.15) is 43.4 Å². The smallest absolute Gasteiger partial charge is 0.335 e. The normalized spacial score (nSPS) is 11.8. The highest BCUT2D eigenvalue weighted by Crippen LogP contribution is 2.29. The fourth-order valence-electron chi connectivity index (χ4n) is 2.68. The number of imidazole rings is 1. The quantitative estimate of drug-likeness (QED) is 0.878. The molecule has 1 aromatic heterocycles. The summed E-state index contributed by atoms with van der Waals surface area (Å²) in [6.07, 6.45) is 0.835. The number of amides is 1. The lowest BCUT2D eigenvalue weighted by Crippen LogP contribution is -2.33. The minimum absolute atomic E-state index is 0.156. The average molecular weight is 289 g/mol. The maximum absolute atomic E-state index is 11.3. The van der Waals surface area contributed by atoms with Crippen LogP contribution in [0.2, 0.25) is 0 Å². The van der Waals surface area contributed by atoms with Crippen molar-refractivity contribution in [3.05, 3.63) is 29.6 Å². The number of fused-ring (bicyclic) bond motifs is 1. The van der Waals surface area contributed by atoms with Crippen LogP contribution in [0, 0.1) is 0 Å². The second kappa shape index (κ2) is 5.20. The lowest BCUT2D eigenvalue weighted by molar-refractivity contribution is -0.119. The summed E-state index contributed by atoms with van der Waals surface area (Å²) >= 11 is 0. The summed E-state index contributed by atoms with van der Waals surface area (Å²) in [5.41, 5.74) is 6.38. The monoisotopic (exact) mass is 289 g/mol. The van der Waals surface area contributed by atoms with Gasteiger partial charge in [-0.1, -0.05) is 6.92 Å². The van der Waals surface area contributed by atoms with Crippen LogP contribution in [0.25, 0.3) is 11.0 Å². The van der Waals surface area contributed by atoms with Crippen molar-refractivity contribution in [2.75, 3.05) is 0 Å². The molecule has 0 unspecified atom stereocenters. The Balaban J connectivity index is 2.72. The van der Waals surface area contributed by atoms with Crippen LogP contribution in [0.5, 0.6) is 0 Å². The molecule has 0 bridgehead atoms. The number of carbonyl (C=O) groups is 2. The highest BCUT2D eigenvalue weighted by atomic mass is 16.4. The van der Waals surface area contributed by atoms with Crippen molar-refractivity contribution < 1.29 is 14.7 Å². The molecule has 0 radical (unpaired) electrons. The van der Waals surface area contributed by atoms with Gasteiger partial charge in [0.15, 0.2) is 0 Å². The van der Waals surface area contributed by atoms with Gasteiger partial charge in [-0.05, 0) is 32.0 Å². The number of carbonyl (C=O) groups excluding carboxylic acids is 1. The molecule has 1 heterocycles. The molecule has 21 heavy (non-hydrogen) atoms. The van der Waals surface area contributed by atoms with Gasteiger partial charge in [0, 0.05) is 18.4 Å². The molecule has 0 atom stereocenters. The number of primary amides is 1. The van der Waals surface area contributed by atoms with Gasteiger partial charge in [0.2, 0.25) is 5.91 Å². The summed E-state index contributed by atoms with van der Waals surface area (Å²) in [5, 5.41) is 9.14. The van der Waals surface area contributed by atoms with E-state index in [9.17, 15) is 9.59 Å². The van der Waals surface area contributed by atoms with Crippen molar-refractivity contribution in [2.45, 2.75) is 39.2 Å². The first kappa shape index (κ1) is 15.0. The van der Waals surface area contributed by atoms with Crippen LogP contribution < -0.4 is 5.73 Å². The zero-order valence-electron chi connectivity index (χ0n) is 12.4. The molecule has 3 N–H and O–H groups in total. The Morgan fingerprint density at radius 3 is 2.57 bits per heavy atom. The summed E-state index contributed by atoms with van der Waals surface area (Å²) in [6.45, 7) is 5.76. The van der Waals surface area contributed by atoms with Crippen molar-refractivity contribution in [1.29, 1.82) is 0 Å². The van der Waals surface area contributed by atoms with Gasteiger partial charge >= 0.3 is 5.97 Å². The standard InChI is InChI=1S/C15H19N3O3/c1-4-13-17-10-6-5-9(14(20)21)7-11(10)18(13)15(2,3)8-12(16)19/h5-7H,4,8H2,1-3H3,(H2,16,19)(H,20,21). The number of benzene rings is 1. The molecular weight excluding hydrogens is 270 g/mol. The lowest BCUT2D eigenvalue weighted by atomic mass is 9.99. The Labute approximate surface area is 122 Å². The third-order valence-electron chi connectivity index (χ3n) is 3.50. The molecule has 1 amide bonds. The number of aromatic nitrogens is 2. The molecule has 1 aromatic carbocycles. The average Bonchev–Trinajstić information content (AvgIpc) is 2.74. The van der Waals surface area contributed by atoms with Gasteiger partial charge in [-0.3, -0.25) is 4.79 Å². The zero-order chi connectivity index (χ0) is 15.8. The second-order valence-corrected chi connectivity index (χ2v) is 5.68. The van der Waals surface area contributed by atoms with E-state index in [-0.39, 0.29) is 12.0 Å². The van der Waals surface area contributed by atoms with E-state index in [4.69, 9.17) is 10.8 Å². The Morgan fingerprint density at radius 2 is 2.05 bits per heavy atom. The Morgan fingerprint density at radius 1 is 1.38 bits per heavy atom. The van der Waals surface area contributed by atoms with Crippen LogP contribution in [0.3, 0.4) is 0 Å². The molecule has 6 heteroatoms.